The number of carbonyl (C=O) groups excluding carboxylic acids is 1. The van der Waals surface area contributed by atoms with Gasteiger partial charge < -0.3 is 0 Å². The van der Waals surface area contributed by atoms with Crippen LogP contribution in [0.15, 0.2) is 23.8 Å². The van der Waals surface area contributed by atoms with Crippen molar-refractivity contribution in [3.63, 3.8) is 0 Å². The number of allylic oxidation sites excluding steroid dienone is 4. The van der Waals surface area contributed by atoms with Gasteiger partial charge in [-0.25, -0.2) is 0 Å². The minimum absolute atomic E-state index is 0.199. The van der Waals surface area contributed by atoms with E-state index < -0.39 is 0 Å². The van der Waals surface area contributed by atoms with E-state index in [1.807, 2.05) is 12.2 Å². The number of ketones is 1. The molecular weight excluding hydrogens is 232 g/mol. The Kier molecular flexibility index (Phi) is 2.56. The van der Waals surface area contributed by atoms with Crippen molar-refractivity contribution in [2.24, 2.45) is 29.1 Å². The van der Waals surface area contributed by atoms with Crippen molar-refractivity contribution >= 4 is 5.78 Å². The Morgan fingerprint density at radius 2 is 2.00 bits per heavy atom. The summed E-state index contributed by atoms with van der Waals surface area (Å²) in [5.41, 5.74) is 1.63. The quantitative estimate of drug-likeness (QED) is 0.631. The molecule has 19 heavy (non-hydrogen) atoms. The van der Waals surface area contributed by atoms with Gasteiger partial charge in [0.1, 0.15) is 0 Å². The van der Waals surface area contributed by atoms with Gasteiger partial charge in [0.15, 0.2) is 5.78 Å². The first-order valence-electron chi connectivity index (χ1n) is 8.13. The Balaban J connectivity index is 1.70. The fraction of sp³-hybridized carbons (Fsp3) is 0.722. The molecule has 0 radical (unpaired) electrons. The average molecular weight is 256 g/mol. The summed E-state index contributed by atoms with van der Waals surface area (Å²) in [6.07, 6.45) is 15.8. The molecular formula is C18H24O. The fourth-order valence-corrected chi connectivity index (χ4v) is 5.82. The van der Waals surface area contributed by atoms with Gasteiger partial charge in [0, 0.05) is 5.41 Å². The SMILES string of the molecule is CC12C=CC(=O)C=C1CCC1C3CCC[C@@H]3CCC12. The first kappa shape index (κ1) is 11.9. The van der Waals surface area contributed by atoms with E-state index in [-0.39, 0.29) is 11.2 Å². The molecule has 0 spiro atoms. The Hall–Kier alpha value is -0.850. The molecule has 0 aromatic rings. The first-order valence-corrected chi connectivity index (χ1v) is 8.13. The highest BCUT2D eigenvalue weighted by atomic mass is 16.1. The van der Waals surface area contributed by atoms with E-state index >= 15 is 0 Å². The van der Waals surface area contributed by atoms with Crippen molar-refractivity contribution in [2.45, 2.75) is 51.9 Å². The zero-order chi connectivity index (χ0) is 13.0. The maximum absolute atomic E-state index is 11.6. The zero-order valence-corrected chi connectivity index (χ0v) is 11.9. The molecule has 102 valence electrons. The third-order valence-corrected chi connectivity index (χ3v) is 6.75. The van der Waals surface area contributed by atoms with Crippen molar-refractivity contribution in [1.29, 1.82) is 0 Å². The third kappa shape index (κ3) is 1.63. The summed E-state index contributed by atoms with van der Waals surface area (Å²) in [7, 11) is 0. The van der Waals surface area contributed by atoms with Crippen LogP contribution in [-0.4, -0.2) is 5.78 Å². The average Bonchev–Trinajstić information content (AvgIpc) is 2.88. The Morgan fingerprint density at radius 3 is 2.89 bits per heavy atom. The van der Waals surface area contributed by atoms with Gasteiger partial charge in [0.05, 0.1) is 0 Å². The summed E-state index contributed by atoms with van der Waals surface area (Å²) in [4.78, 5) is 11.6. The van der Waals surface area contributed by atoms with Crippen molar-refractivity contribution in [1.82, 2.24) is 0 Å². The summed E-state index contributed by atoms with van der Waals surface area (Å²) in [6.45, 7) is 2.40. The molecule has 0 aromatic carbocycles. The van der Waals surface area contributed by atoms with E-state index in [9.17, 15) is 4.79 Å². The van der Waals surface area contributed by atoms with Crippen LogP contribution in [0, 0.1) is 29.1 Å². The second-order valence-electron chi connectivity index (χ2n) is 7.43. The van der Waals surface area contributed by atoms with E-state index in [1.54, 1.807) is 0 Å². The maximum Gasteiger partial charge on any atom is 0.178 e. The molecule has 0 amide bonds. The van der Waals surface area contributed by atoms with Crippen LogP contribution in [0.4, 0.5) is 0 Å². The summed E-state index contributed by atoms with van der Waals surface area (Å²) < 4.78 is 0. The van der Waals surface area contributed by atoms with Gasteiger partial charge in [0.25, 0.3) is 0 Å². The molecule has 0 saturated heterocycles. The van der Waals surface area contributed by atoms with Crippen LogP contribution in [0.2, 0.25) is 0 Å². The van der Waals surface area contributed by atoms with E-state index in [1.165, 1.54) is 44.1 Å². The molecule has 3 saturated carbocycles. The van der Waals surface area contributed by atoms with Crippen LogP contribution in [0.1, 0.15) is 51.9 Å². The third-order valence-electron chi connectivity index (χ3n) is 6.75. The first-order chi connectivity index (χ1) is 9.18. The molecule has 0 aliphatic heterocycles. The lowest BCUT2D eigenvalue weighted by Crippen LogP contribution is -2.45. The summed E-state index contributed by atoms with van der Waals surface area (Å²) in [5, 5.41) is 0. The van der Waals surface area contributed by atoms with Gasteiger partial charge in [-0.05, 0) is 67.9 Å². The van der Waals surface area contributed by atoms with E-state index in [2.05, 4.69) is 13.0 Å². The van der Waals surface area contributed by atoms with Gasteiger partial charge in [-0.2, -0.15) is 0 Å². The van der Waals surface area contributed by atoms with Crippen LogP contribution in [0.5, 0.6) is 0 Å². The molecule has 3 fully saturated rings. The van der Waals surface area contributed by atoms with Crippen molar-refractivity contribution < 1.29 is 4.79 Å². The molecule has 0 aromatic heterocycles. The lowest BCUT2D eigenvalue weighted by molar-refractivity contribution is -0.110. The van der Waals surface area contributed by atoms with Crippen molar-refractivity contribution in [3.05, 3.63) is 23.8 Å². The van der Waals surface area contributed by atoms with Crippen LogP contribution < -0.4 is 0 Å². The van der Waals surface area contributed by atoms with E-state index in [0.717, 1.165) is 30.1 Å². The Morgan fingerprint density at radius 1 is 1.11 bits per heavy atom. The van der Waals surface area contributed by atoms with Crippen molar-refractivity contribution in [3.8, 4) is 0 Å². The summed E-state index contributed by atoms with van der Waals surface area (Å²) in [6, 6.07) is 0. The topological polar surface area (TPSA) is 17.1 Å². The van der Waals surface area contributed by atoms with Gasteiger partial charge in [0.2, 0.25) is 0 Å². The highest BCUT2D eigenvalue weighted by Crippen LogP contribution is 2.60. The minimum atomic E-state index is 0.199. The van der Waals surface area contributed by atoms with Gasteiger partial charge in [-0.3, -0.25) is 4.79 Å². The molecule has 4 unspecified atom stereocenters. The molecule has 0 N–H and O–H groups in total. The molecule has 1 heteroatoms. The van der Waals surface area contributed by atoms with Gasteiger partial charge >= 0.3 is 0 Å². The standard InChI is InChI=1S/C18H24O/c1-18-10-9-14(19)11-13(18)6-7-16-15-4-2-3-12(15)5-8-17(16)18/h9-12,15-17H,2-8H2,1H3/t12-,15?,16?,17?,18?/m1/s1. The number of hydrogen-bond acceptors (Lipinski definition) is 1. The maximum atomic E-state index is 11.6. The number of hydrogen-bond donors (Lipinski definition) is 0. The van der Waals surface area contributed by atoms with Crippen molar-refractivity contribution in [2.75, 3.05) is 0 Å². The molecule has 4 aliphatic carbocycles. The second kappa shape index (κ2) is 4.07. The molecule has 0 heterocycles. The fourth-order valence-electron chi connectivity index (χ4n) is 5.82. The lowest BCUT2D eigenvalue weighted by Gasteiger charge is -2.53. The van der Waals surface area contributed by atoms with Crippen LogP contribution in [0.25, 0.3) is 0 Å². The summed E-state index contributed by atoms with van der Waals surface area (Å²) >= 11 is 0. The highest BCUT2D eigenvalue weighted by Gasteiger charge is 2.51. The Labute approximate surface area is 116 Å². The second-order valence-corrected chi connectivity index (χ2v) is 7.43. The molecule has 0 bridgehead atoms. The number of fused-ring (bicyclic) bond motifs is 5. The minimum Gasteiger partial charge on any atom is -0.290 e. The summed E-state index contributed by atoms with van der Waals surface area (Å²) in [5.74, 6) is 3.98. The predicted octanol–water partition coefficient (Wildman–Crippen LogP) is 4.29. The van der Waals surface area contributed by atoms with E-state index in [4.69, 9.17) is 0 Å². The largest absolute Gasteiger partial charge is 0.290 e. The lowest BCUT2D eigenvalue weighted by atomic mass is 9.51. The number of rotatable bonds is 0. The zero-order valence-electron chi connectivity index (χ0n) is 11.9. The highest BCUT2D eigenvalue weighted by molar-refractivity contribution is 6.01. The molecule has 4 rings (SSSR count). The molecule has 4 aliphatic rings. The number of carbonyl (C=O) groups is 1. The Bertz CT molecular complexity index is 472. The normalized spacial score (nSPS) is 48.3. The molecule has 5 atom stereocenters. The predicted molar refractivity (Wildman–Crippen MR) is 76.6 cm³/mol. The monoisotopic (exact) mass is 256 g/mol. The van der Waals surface area contributed by atoms with Gasteiger partial charge in [-0.1, -0.05) is 31.4 Å². The molecule has 1 nitrogen and oxygen atoms in total. The van der Waals surface area contributed by atoms with Crippen LogP contribution >= 0.6 is 0 Å². The van der Waals surface area contributed by atoms with Crippen LogP contribution in [0.3, 0.4) is 0 Å². The van der Waals surface area contributed by atoms with Gasteiger partial charge in [-0.15, -0.1) is 0 Å². The van der Waals surface area contributed by atoms with E-state index in [0.29, 0.717) is 0 Å². The smallest absolute Gasteiger partial charge is 0.178 e. The van der Waals surface area contributed by atoms with Crippen LogP contribution in [-0.2, 0) is 4.79 Å².